The Balaban J connectivity index is 2.26. The van der Waals surface area contributed by atoms with E-state index in [4.69, 9.17) is 0 Å². The topological polar surface area (TPSA) is 60.7 Å². The number of fused-ring (bicyclic) bond motifs is 1. The van der Waals surface area contributed by atoms with Crippen LogP contribution in [0, 0.1) is 0 Å². The molecule has 1 unspecified atom stereocenters. The van der Waals surface area contributed by atoms with Crippen LogP contribution < -0.4 is 0 Å². The summed E-state index contributed by atoms with van der Waals surface area (Å²) in [4.78, 5) is 12.5. The lowest BCUT2D eigenvalue weighted by atomic mass is 10.2. The van der Waals surface area contributed by atoms with Crippen LogP contribution in [-0.4, -0.2) is 29.5 Å². The smallest absolute Gasteiger partial charge is 0.324 e. The lowest BCUT2D eigenvalue weighted by Gasteiger charge is -2.12. The number of alkyl halides is 3. The van der Waals surface area contributed by atoms with Crippen LogP contribution in [0.4, 0.5) is 13.2 Å². The summed E-state index contributed by atoms with van der Waals surface area (Å²) in [6, 6.07) is 2.58. The molecule has 0 aromatic carbocycles. The first-order valence-electron chi connectivity index (χ1n) is 7.16. The van der Waals surface area contributed by atoms with E-state index >= 15 is 0 Å². The zero-order valence-corrected chi connectivity index (χ0v) is 15.5. The number of hydrogen-bond acceptors (Lipinski definition) is 4. The van der Waals surface area contributed by atoms with Gasteiger partial charge in [0.1, 0.15) is 10.3 Å². The molecule has 0 N–H and O–H groups in total. The molecule has 0 saturated carbocycles. The minimum Gasteiger partial charge on any atom is -0.324 e. The summed E-state index contributed by atoms with van der Waals surface area (Å²) in [5.41, 5.74) is 0.529. The van der Waals surface area contributed by atoms with Gasteiger partial charge >= 0.3 is 6.18 Å². The molecule has 0 aliphatic carbocycles. The van der Waals surface area contributed by atoms with Gasteiger partial charge in [0, 0.05) is 19.0 Å². The molecule has 0 aliphatic rings. The van der Waals surface area contributed by atoms with Crippen LogP contribution in [-0.2, 0) is 24.0 Å². The highest BCUT2D eigenvalue weighted by atomic mass is 79.9. The maximum atomic E-state index is 13.0. The van der Waals surface area contributed by atoms with E-state index in [1.807, 2.05) is 0 Å². The van der Waals surface area contributed by atoms with Crippen molar-refractivity contribution in [1.29, 1.82) is 0 Å². The van der Waals surface area contributed by atoms with Gasteiger partial charge in [0.15, 0.2) is 5.82 Å². The molecule has 0 bridgehead atoms. The molecule has 5 nitrogen and oxygen atoms in total. The van der Waals surface area contributed by atoms with Crippen LogP contribution in [0.1, 0.15) is 12.5 Å². The number of aromatic nitrogens is 4. The van der Waals surface area contributed by atoms with Crippen molar-refractivity contribution in [3.05, 3.63) is 34.7 Å². The van der Waals surface area contributed by atoms with Crippen molar-refractivity contribution in [2.45, 2.75) is 18.0 Å². The number of pyridine rings is 2. The molecule has 0 saturated heterocycles. The van der Waals surface area contributed by atoms with E-state index in [1.165, 1.54) is 0 Å². The van der Waals surface area contributed by atoms with E-state index in [2.05, 4.69) is 30.9 Å². The first-order valence-corrected chi connectivity index (χ1v) is 9.27. The molecule has 10 heteroatoms. The molecule has 3 aromatic rings. The number of hydrogen-bond donors (Lipinski definition) is 0. The third kappa shape index (κ3) is 3.32. The van der Waals surface area contributed by atoms with Crippen molar-refractivity contribution in [3.63, 3.8) is 0 Å². The largest absolute Gasteiger partial charge is 0.417 e. The average molecular weight is 433 g/mol. The van der Waals surface area contributed by atoms with Gasteiger partial charge in [-0.25, -0.2) is 9.97 Å². The second-order valence-corrected chi connectivity index (χ2v) is 7.71. The van der Waals surface area contributed by atoms with Crippen molar-refractivity contribution in [3.8, 4) is 11.5 Å². The molecule has 132 valence electrons. The van der Waals surface area contributed by atoms with Crippen molar-refractivity contribution in [2.24, 2.45) is 7.05 Å². The van der Waals surface area contributed by atoms with Crippen molar-refractivity contribution in [1.82, 2.24) is 19.5 Å². The quantitative estimate of drug-likeness (QED) is 0.588. The van der Waals surface area contributed by atoms with Gasteiger partial charge < -0.3 is 4.57 Å². The summed E-state index contributed by atoms with van der Waals surface area (Å²) in [5.74, 6) is 0.507. The van der Waals surface area contributed by atoms with E-state index in [0.717, 1.165) is 12.3 Å². The standard InChI is InChI=1S/C15H12BrF3N4OS/c1-3-25(24)11-4-8(15(17,18)19)6-21-13(11)14-22-9-5-12(16)20-7-10(9)23(14)2/h4-7H,3H2,1-2H3. The number of nitrogens with zero attached hydrogens (tertiary/aromatic N) is 4. The number of aryl methyl sites for hydroxylation is 1. The summed E-state index contributed by atoms with van der Waals surface area (Å²) in [7, 11) is 0.0840. The zero-order valence-electron chi connectivity index (χ0n) is 13.1. The van der Waals surface area contributed by atoms with Crippen molar-refractivity contribution >= 4 is 37.8 Å². The van der Waals surface area contributed by atoms with Gasteiger partial charge in [0.25, 0.3) is 0 Å². The van der Waals surface area contributed by atoms with Crippen LogP contribution in [0.5, 0.6) is 0 Å². The normalized spacial score (nSPS) is 13.4. The Bertz CT molecular complexity index is 987. The Hall–Kier alpha value is -1.81. The molecule has 0 aliphatic heterocycles. The second-order valence-electron chi connectivity index (χ2n) is 5.19. The van der Waals surface area contributed by atoms with Gasteiger partial charge in [-0.2, -0.15) is 13.2 Å². The summed E-state index contributed by atoms with van der Waals surface area (Å²) in [5, 5.41) is 0. The zero-order chi connectivity index (χ0) is 18.4. The lowest BCUT2D eigenvalue weighted by molar-refractivity contribution is -0.138. The Kier molecular flexibility index (Phi) is 4.67. The van der Waals surface area contributed by atoms with Crippen LogP contribution >= 0.6 is 15.9 Å². The minimum atomic E-state index is -4.56. The highest BCUT2D eigenvalue weighted by Crippen LogP contribution is 2.34. The van der Waals surface area contributed by atoms with E-state index < -0.39 is 22.5 Å². The van der Waals surface area contributed by atoms with Crippen LogP contribution in [0.3, 0.4) is 0 Å². The van der Waals surface area contributed by atoms with Crippen molar-refractivity contribution in [2.75, 3.05) is 5.75 Å². The van der Waals surface area contributed by atoms with Gasteiger partial charge in [-0.1, -0.05) is 6.92 Å². The summed E-state index contributed by atoms with van der Waals surface area (Å²) >= 11 is 3.25. The highest BCUT2D eigenvalue weighted by molar-refractivity contribution is 9.10. The molecule has 0 amide bonds. The molecule has 1 atom stereocenters. The molecule has 0 spiro atoms. The fourth-order valence-electron chi connectivity index (χ4n) is 2.37. The van der Waals surface area contributed by atoms with Gasteiger partial charge in [-0.3, -0.25) is 9.19 Å². The summed E-state index contributed by atoms with van der Waals surface area (Å²) < 4.78 is 53.5. The van der Waals surface area contributed by atoms with E-state index in [1.54, 1.807) is 30.8 Å². The molecule has 0 radical (unpaired) electrons. The molecule has 25 heavy (non-hydrogen) atoms. The predicted octanol–water partition coefficient (Wildman–Crippen LogP) is 3.94. The third-order valence-corrected chi connectivity index (χ3v) is 5.39. The molecule has 3 rings (SSSR count). The Labute approximate surface area is 151 Å². The Morgan fingerprint density at radius 1 is 1.24 bits per heavy atom. The Morgan fingerprint density at radius 3 is 2.60 bits per heavy atom. The summed E-state index contributed by atoms with van der Waals surface area (Å²) in [6.07, 6.45) is -2.23. The predicted molar refractivity (Wildman–Crippen MR) is 91.4 cm³/mol. The summed E-state index contributed by atoms with van der Waals surface area (Å²) in [6.45, 7) is 1.64. The third-order valence-electron chi connectivity index (χ3n) is 3.63. The maximum absolute atomic E-state index is 13.0. The van der Waals surface area contributed by atoms with Crippen LogP contribution in [0.2, 0.25) is 0 Å². The average Bonchev–Trinajstić information content (AvgIpc) is 2.88. The fraction of sp³-hybridized carbons (Fsp3) is 0.267. The fourth-order valence-corrected chi connectivity index (χ4v) is 3.62. The van der Waals surface area contributed by atoms with E-state index in [-0.39, 0.29) is 16.3 Å². The molecule has 3 aromatic heterocycles. The number of rotatable bonds is 3. The molecule has 3 heterocycles. The molecular formula is C15H12BrF3N4OS. The van der Waals surface area contributed by atoms with Crippen LogP contribution in [0.25, 0.3) is 22.6 Å². The monoisotopic (exact) mass is 432 g/mol. The molecule has 0 fully saturated rings. The van der Waals surface area contributed by atoms with E-state index in [9.17, 15) is 17.4 Å². The lowest BCUT2D eigenvalue weighted by Crippen LogP contribution is -2.10. The van der Waals surface area contributed by atoms with Gasteiger partial charge in [0.2, 0.25) is 0 Å². The first-order chi connectivity index (χ1) is 11.7. The van der Waals surface area contributed by atoms with E-state index in [0.29, 0.717) is 21.5 Å². The SMILES string of the molecule is CCS(=O)c1cc(C(F)(F)F)cnc1-c1nc2cc(Br)ncc2n1C. The second kappa shape index (κ2) is 6.49. The Morgan fingerprint density at radius 2 is 1.96 bits per heavy atom. The first kappa shape index (κ1) is 18.0. The van der Waals surface area contributed by atoms with Crippen molar-refractivity contribution < 1.29 is 17.4 Å². The number of imidazole rings is 1. The maximum Gasteiger partial charge on any atom is 0.417 e. The van der Waals surface area contributed by atoms with Gasteiger partial charge in [0.05, 0.1) is 38.5 Å². The number of halogens is 4. The van der Waals surface area contributed by atoms with Gasteiger partial charge in [-0.05, 0) is 28.1 Å². The highest BCUT2D eigenvalue weighted by Gasteiger charge is 2.33. The minimum absolute atomic E-state index is 0.0164. The van der Waals surface area contributed by atoms with Crippen LogP contribution in [0.15, 0.2) is 34.0 Å². The molecular weight excluding hydrogens is 421 g/mol. The van der Waals surface area contributed by atoms with Gasteiger partial charge in [-0.15, -0.1) is 0 Å².